The maximum absolute atomic E-state index is 11.2. The molecular weight excluding hydrogens is 280 g/mol. The Labute approximate surface area is 120 Å². The standard InChI is InChI=1S/C14H16O5S/c15-13(16)9-7-11(14(17)18)12(20-19)8-6-10-4-2-1-3-5-10/h1-5,11H,6-9H2,(H,15,16)(H,17,18). The van der Waals surface area contributed by atoms with Crippen molar-refractivity contribution < 1.29 is 24.0 Å². The van der Waals surface area contributed by atoms with Gasteiger partial charge in [-0.3, -0.25) is 9.59 Å². The highest BCUT2D eigenvalue weighted by Gasteiger charge is 2.24. The van der Waals surface area contributed by atoms with E-state index in [2.05, 4.69) is 0 Å². The van der Waals surface area contributed by atoms with Crippen LogP contribution in [0.1, 0.15) is 24.8 Å². The highest BCUT2D eigenvalue weighted by Crippen LogP contribution is 2.14. The maximum Gasteiger partial charge on any atom is 0.311 e. The maximum atomic E-state index is 11.2. The fraction of sp³-hybridized carbons (Fsp3) is 0.357. The quantitative estimate of drug-likeness (QED) is 0.710. The molecule has 5 nitrogen and oxygen atoms in total. The summed E-state index contributed by atoms with van der Waals surface area (Å²) in [5.74, 6) is -3.20. The lowest BCUT2D eigenvalue weighted by Crippen LogP contribution is -2.25. The van der Waals surface area contributed by atoms with Crippen LogP contribution in [0.3, 0.4) is 0 Å². The van der Waals surface area contributed by atoms with Crippen molar-refractivity contribution in [1.29, 1.82) is 0 Å². The number of benzene rings is 1. The molecule has 1 aromatic rings. The van der Waals surface area contributed by atoms with Gasteiger partial charge in [-0.1, -0.05) is 30.3 Å². The molecule has 1 rings (SSSR count). The number of carboxylic acids is 2. The Bertz CT molecular complexity index is 520. The number of aliphatic carboxylic acids is 2. The Hall–Kier alpha value is -1.95. The van der Waals surface area contributed by atoms with Gasteiger partial charge in [0.2, 0.25) is 0 Å². The van der Waals surface area contributed by atoms with E-state index in [9.17, 15) is 13.8 Å². The SMILES string of the molecule is O=S=C(CCc1ccccc1)C(CCC(=O)O)C(=O)O. The van der Waals surface area contributed by atoms with Gasteiger partial charge >= 0.3 is 11.9 Å². The van der Waals surface area contributed by atoms with Crippen LogP contribution in [0, 0.1) is 5.92 Å². The van der Waals surface area contributed by atoms with Crippen LogP contribution in [-0.2, 0) is 27.3 Å². The highest BCUT2D eigenvalue weighted by molar-refractivity contribution is 7.66. The minimum atomic E-state index is -1.14. The van der Waals surface area contributed by atoms with Gasteiger partial charge in [0.1, 0.15) is 0 Å². The first-order chi connectivity index (χ1) is 9.54. The third-order valence-corrected chi connectivity index (χ3v) is 3.65. The van der Waals surface area contributed by atoms with E-state index in [0.29, 0.717) is 12.8 Å². The minimum absolute atomic E-state index is 0.0516. The first-order valence-electron chi connectivity index (χ1n) is 6.18. The summed E-state index contributed by atoms with van der Waals surface area (Å²) in [4.78, 5) is 22.0. The molecule has 0 aliphatic rings. The Morgan fingerprint density at radius 3 is 2.25 bits per heavy atom. The van der Waals surface area contributed by atoms with Crippen LogP contribution < -0.4 is 0 Å². The second-order valence-corrected chi connectivity index (χ2v) is 5.05. The van der Waals surface area contributed by atoms with Crippen molar-refractivity contribution in [2.75, 3.05) is 0 Å². The van der Waals surface area contributed by atoms with E-state index in [-0.39, 0.29) is 29.0 Å². The van der Waals surface area contributed by atoms with E-state index in [1.807, 2.05) is 30.3 Å². The summed E-state index contributed by atoms with van der Waals surface area (Å²) in [5, 5.41) is 17.7. The van der Waals surface area contributed by atoms with Crippen molar-refractivity contribution in [1.82, 2.24) is 0 Å². The van der Waals surface area contributed by atoms with Gasteiger partial charge in [0.05, 0.1) is 17.2 Å². The van der Waals surface area contributed by atoms with E-state index in [0.717, 1.165) is 5.56 Å². The van der Waals surface area contributed by atoms with Crippen LogP contribution in [0.15, 0.2) is 30.3 Å². The van der Waals surface area contributed by atoms with Crippen LogP contribution in [0.25, 0.3) is 0 Å². The van der Waals surface area contributed by atoms with Crippen LogP contribution in [0.5, 0.6) is 0 Å². The van der Waals surface area contributed by atoms with Gasteiger partial charge in [0.15, 0.2) is 0 Å². The molecule has 6 heteroatoms. The molecule has 1 unspecified atom stereocenters. The Morgan fingerprint density at radius 1 is 1.10 bits per heavy atom. The Kier molecular flexibility index (Phi) is 6.66. The molecule has 0 radical (unpaired) electrons. The van der Waals surface area contributed by atoms with E-state index >= 15 is 0 Å². The normalized spacial score (nSPS) is 11.6. The summed E-state index contributed by atoms with van der Waals surface area (Å²) in [6.45, 7) is 0. The summed E-state index contributed by atoms with van der Waals surface area (Å²) < 4.78 is 11.1. The second-order valence-electron chi connectivity index (χ2n) is 4.36. The van der Waals surface area contributed by atoms with Crippen molar-refractivity contribution in [3.8, 4) is 0 Å². The molecule has 0 spiro atoms. The molecule has 108 valence electrons. The van der Waals surface area contributed by atoms with E-state index in [1.165, 1.54) is 0 Å². The molecule has 0 aliphatic carbocycles. The van der Waals surface area contributed by atoms with E-state index < -0.39 is 17.9 Å². The molecule has 0 aromatic heterocycles. The number of carboxylic acid groups (broad SMARTS) is 2. The van der Waals surface area contributed by atoms with Crippen LogP contribution >= 0.6 is 0 Å². The molecule has 0 fully saturated rings. The van der Waals surface area contributed by atoms with Gasteiger partial charge in [-0.25, -0.2) is 4.21 Å². The molecule has 2 N–H and O–H groups in total. The lowest BCUT2D eigenvalue weighted by Gasteiger charge is -2.12. The Balaban J connectivity index is 2.69. The summed E-state index contributed by atoms with van der Waals surface area (Å²) in [6, 6.07) is 9.43. The Morgan fingerprint density at radius 2 is 1.75 bits per heavy atom. The zero-order chi connectivity index (χ0) is 15.0. The predicted molar refractivity (Wildman–Crippen MR) is 75.9 cm³/mol. The average Bonchev–Trinajstić information content (AvgIpc) is 2.42. The first kappa shape index (κ1) is 16.1. The number of aryl methyl sites for hydroxylation is 1. The monoisotopic (exact) mass is 296 g/mol. The second kappa shape index (κ2) is 8.27. The van der Waals surface area contributed by atoms with Crippen molar-refractivity contribution in [2.24, 2.45) is 5.92 Å². The van der Waals surface area contributed by atoms with Crippen molar-refractivity contribution in [2.45, 2.75) is 25.7 Å². The first-order valence-corrected chi connectivity index (χ1v) is 6.92. The lowest BCUT2D eigenvalue weighted by atomic mass is 9.95. The summed E-state index contributed by atoms with van der Waals surface area (Å²) >= 11 is 0.170. The molecule has 1 atom stereocenters. The molecule has 0 heterocycles. The largest absolute Gasteiger partial charge is 0.481 e. The molecule has 20 heavy (non-hydrogen) atoms. The molecule has 0 bridgehead atoms. The molecule has 0 saturated heterocycles. The molecule has 0 amide bonds. The zero-order valence-electron chi connectivity index (χ0n) is 10.8. The number of carbonyl (C=O) groups is 2. The predicted octanol–water partition coefficient (Wildman–Crippen LogP) is 1.57. The fourth-order valence-electron chi connectivity index (χ4n) is 1.88. The van der Waals surface area contributed by atoms with Crippen molar-refractivity contribution >= 4 is 28.1 Å². The lowest BCUT2D eigenvalue weighted by molar-refractivity contribution is -0.140. The van der Waals surface area contributed by atoms with Crippen LogP contribution in [0.4, 0.5) is 0 Å². The van der Waals surface area contributed by atoms with Gasteiger partial charge < -0.3 is 10.2 Å². The van der Waals surface area contributed by atoms with Gasteiger partial charge in [0, 0.05) is 11.3 Å². The van der Waals surface area contributed by atoms with Gasteiger partial charge in [-0.15, -0.1) is 0 Å². The number of hydrogen-bond acceptors (Lipinski definition) is 3. The zero-order valence-corrected chi connectivity index (χ0v) is 11.6. The molecule has 1 aromatic carbocycles. The van der Waals surface area contributed by atoms with Crippen molar-refractivity contribution in [3.63, 3.8) is 0 Å². The van der Waals surface area contributed by atoms with Crippen molar-refractivity contribution in [3.05, 3.63) is 35.9 Å². The molecule has 0 aliphatic heterocycles. The highest BCUT2D eigenvalue weighted by atomic mass is 32.1. The van der Waals surface area contributed by atoms with Crippen LogP contribution in [0.2, 0.25) is 0 Å². The van der Waals surface area contributed by atoms with E-state index in [1.54, 1.807) is 0 Å². The topological polar surface area (TPSA) is 91.7 Å². The fourth-order valence-corrected chi connectivity index (χ4v) is 2.40. The molecular formula is C14H16O5S. The third-order valence-electron chi connectivity index (χ3n) is 2.94. The van der Waals surface area contributed by atoms with Gasteiger partial charge in [0.25, 0.3) is 0 Å². The smallest absolute Gasteiger partial charge is 0.311 e. The number of hydrogen-bond donors (Lipinski definition) is 2. The van der Waals surface area contributed by atoms with Gasteiger partial charge in [-0.05, 0) is 24.8 Å². The summed E-state index contributed by atoms with van der Waals surface area (Å²) in [5.41, 5.74) is 1.02. The average molecular weight is 296 g/mol. The molecule has 0 saturated carbocycles. The van der Waals surface area contributed by atoms with Gasteiger partial charge in [-0.2, -0.15) is 0 Å². The van der Waals surface area contributed by atoms with Crippen LogP contribution in [-0.4, -0.2) is 31.2 Å². The minimum Gasteiger partial charge on any atom is -0.481 e. The third kappa shape index (κ3) is 5.36. The summed E-state index contributed by atoms with van der Waals surface area (Å²) in [7, 11) is 0. The van der Waals surface area contributed by atoms with E-state index in [4.69, 9.17) is 10.2 Å². The number of rotatable bonds is 8. The summed E-state index contributed by atoms with van der Waals surface area (Å²) in [6.07, 6.45) is 0.605.